The molecule has 5 heterocycles. The number of anilines is 3. The molecule has 0 aliphatic rings. The number of aryl methyl sites for hydroxylation is 1. The first kappa shape index (κ1) is 31.8. The van der Waals surface area contributed by atoms with Crippen molar-refractivity contribution in [1.29, 1.82) is 0 Å². The van der Waals surface area contributed by atoms with Crippen LogP contribution in [0.5, 0.6) is 0 Å². The molecule has 0 aliphatic carbocycles. The summed E-state index contributed by atoms with van der Waals surface area (Å²) in [5.74, 6) is 1.29. The molecule has 228 valence electrons. The molecule has 5 aromatic heterocycles. The van der Waals surface area contributed by atoms with E-state index in [2.05, 4.69) is 68.4 Å². The number of imidazole rings is 1. The van der Waals surface area contributed by atoms with E-state index >= 15 is 0 Å². The number of nitrogen functional groups attached to an aromatic ring is 3. The highest BCUT2D eigenvalue weighted by Crippen LogP contribution is 2.25. The number of aromatic nitrogens is 9. The van der Waals surface area contributed by atoms with Crippen molar-refractivity contribution >= 4 is 51.0 Å². The lowest BCUT2D eigenvalue weighted by molar-refractivity contribution is 0.0697. The zero-order chi connectivity index (χ0) is 31.6. The van der Waals surface area contributed by atoms with E-state index in [1.165, 1.54) is 12.1 Å². The molecule has 6 aromatic rings. The van der Waals surface area contributed by atoms with Gasteiger partial charge in [0.2, 0.25) is 0 Å². The van der Waals surface area contributed by atoms with Gasteiger partial charge in [-0.2, -0.15) is 15.3 Å². The Morgan fingerprint density at radius 3 is 1.89 bits per heavy atom. The molecule has 0 radical (unpaired) electrons. The van der Waals surface area contributed by atoms with Crippen molar-refractivity contribution in [2.75, 3.05) is 17.2 Å². The van der Waals surface area contributed by atoms with Crippen molar-refractivity contribution in [2.45, 2.75) is 26.2 Å². The predicted octanol–water partition coefficient (Wildman–Crippen LogP) is 5.55. The molecule has 14 nitrogen and oxygen atoms in total. The van der Waals surface area contributed by atoms with Crippen LogP contribution in [-0.2, 0) is 6.42 Å². The van der Waals surface area contributed by atoms with Gasteiger partial charge in [0.25, 0.3) is 0 Å². The Labute approximate surface area is 265 Å². The third-order valence-corrected chi connectivity index (χ3v) is 6.75. The van der Waals surface area contributed by atoms with Crippen LogP contribution < -0.4 is 17.2 Å². The number of carbonyl (C=O) groups is 1. The number of halogens is 2. The molecule has 44 heavy (non-hydrogen) atoms. The molecule has 0 amide bonds. The average Bonchev–Trinajstić information content (AvgIpc) is 3.82. The van der Waals surface area contributed by atoms with E-state index in [0.29, 0.717) is 28.3 Å². The normalized spacial score (nSPS) is 10.4. The topological polar surface area (TPSA) is 243 Å². The maximum atomic E-state index is 10.6. The fraction of sp³-hybridized carbons (Fsp3) is 0.143. The van der Waals surface area contributed by atoms with Gasteiger partial charge in [-0.3, -0.25) is 15.3 Å². The molecule has 0 spiro atoms. The van der Waals surface area contributed by atoms with Gasteiger partial charge in [-0.15, -0.1) is 0 Å². The second kappa shape index (κ2) is 14.8. The number of carboxylic acid groups (broad SMARTS) is 1. The van der Waals surface area contributed by atoms with Gasteiger partial charge < -0.3 is 27.3 Å². The molecule has 11 N–H and O–H groups in total. The van der Waals surface area contributed by atoms with Crippen LogP contribution >= 0.6 is 27.5 Å². The van der Waals surface area contributed by atoms with E-state index in [1.54, 1.807) is 36.5 Å². The van der Waals surface area contributed by atoms with Gasteiger partial charge in [-0.25, -0.2) is 14.8 Å². The SMILES string of the molecule is CCCCc1nc(-c2cc(N)n[nH]2)c(Cl)[nH]1.Nc1cc(-c2ccc(Br)nc2)[nH]n1.Nc1cc(-c2ccc(C(=O)O)cc2)[nH]n1. The number of hydrogen-bond acceptors (Lipinski definition) is 9. The van der Waals surface area contributed by atoms with Crippen LogP contribution in [0.3, 0.4) is 0 Å². The summed E-state index contributed by atoms with van der Waals surface area (Å²) < 4.78 is 0.809. The summed E-state index contributed by atoms with van der Waals surface area (Å²) in [4.78, 5) is 22.2. The van der Waals surface area contributed by atoms with Crippen molar-refractivity contribution in [2.24, 2.45) is 0 Å². The number of nitrogens with zero attached hydrogens (tertiary/aromatic N) is 5. The summed E-state index contributed by atoms with van der Waals surface area (Å²) >= 11 is 9.32. The van der Waals surface area contributed by atoms with E-state index in [4.69, 9.17) is 33.9 Å². The number of hydrogen-bond donors (Lipinski definition) is 8. The third kappa shape index (κ3) is 8.68. The third-order valence-electron chi connectivity index (χ3n) is 6.01. The average molecular weight is 682 g/mol. The number of pyridine rings is 1. The molecule has 0 unspecified atom stereocenters. The van der Waals surface area contributed by atoms with Gasteiger partial charge in [-0.05, 0) is 52.2 Å². The fourth-order valence-electron chi connectivity index (χ4n) is 3.80. The first-order chi connectivity index (χ1) is 21.1. The molecular formula is C28H30BrClN12O2. The van der Waals surface area contributed by atoms with Crippen molar-refractivity contribution in [3.63, 3.8) is 0 Å². The molecule has 0 fully saturated rings. The monoisotopic (exact) mass is 680 g/mol. The lowest BCUT2D eigenvalue weighted by Crippen LogP contribution is -1.94. The zero-order valence-corrected chi connectivity index (χ0v) is 25.8. The highest BCUT2D eigenvalue weighted by molar-refractivity contribution is 9.10. The van der Waals surface area contributed by atoms with E-state index in [1.807, 2.05) is 12.1 Å². The number of carboxylic acids is 1. The molecule has 16 heteroatoms. The van der Waals surface area contributed by atoms with Crippen LogP contribution in [0.1, 0.15) is 35.9 Å². The number of nitrogens with one attached hydrogen (secondary N) is 4. The largest absolute Gasteiger partial charge is 0.478 e. The second-order valence-electron chi connectivity index (χ2n) is 9.32. The highest BCUT2D eigenvalue weighted by atomic mass is 79.9. The summed E-state index contributed by atoms with van der Waals surface area (Å²) in [7, 11) is 0. The highest BCUT2D eigenvalue weighted by Gasteiger charge is 2.12. The Balaban J connectivity index is 0.000000151. The second-order valence-corrected chi connectivity index (χ2v) is 10.5. The van der Waals surface area contributed by atoms with Gasteiger partial charge >= 0.3 is 5.97 Å². The Morgan fingerprint density at radius 1 is 0.864 bits per heavy atom. The van der Waals surface area contributed by atoms with Gasteiger partial charge in [0.1, 0.15) is 38.7 Å². The van der Waals surface area contributed by atoms with Gasteiger partial charge in [0, 0.05) is 36.4 Å². The van der Waals surface area contributed by atoms with Crippen LogP contribution in [-0.4, -0.2) is 56.6 Å². The number of benzene rings is 1. The van der Waals surface area contributed by atoms with E-state index < -0.39 is 5.97 Å². The standard InChI is InChI=1S/C10H14ClN5.C10H9N3O2.C8H7BrN4/c1-2-3-4-8-13-9(10(11)14-8)6-5-7(12)16-15-6;11-9-5-8(12-13-9)6-1-3-7(4-2-6)10(14)15;9-7-2-1-5(4-11-7)6-3-8(10)13-12-6/h5H,2-4H2,1H3,(H,13,14)(H3,12,15,16);1-5H,(H,14,15)(H3,11,12,13);1-4H,(H3,10,12,13). The Morgan fingerprint density at radius 2 is 1.41 bits per heavy atom. The number of H-pyrrole nitrogens is 4. The van der Waals surface area contributed by atoms with Crippen LogP contribution in [0, 0.1) is 0 Å². The number of aromatic amines is 4. The molecule has 6 rings (SSSR count). The number of aromatic carboxylic acids is 1. The van der Waals surface area contributed by atoms with E-state index in [0.717, 1.165) is 57.9 Å². The molecular weight excluding hydrogens is 652 g/mol. The van der Waals surface area contributed by atoms with Crippen LogP contribution in [0.15, 0.2) is 65.4 Å². The van der Waals surface area contributed by atoms with Gasteiger partial charge in [0.15, 0.2) is 0 Å². The predicted molar refractivity (Wildman–Crippen MR) is 174 cm³/mol. The van der Waals surface area contributed by atoms with Crippen molar-refractivity contribution in [3.05, 3.63) is 81.9 Å². The number of rotatable bonds is 7. The molecule has 1 aromatic carbocycles. The fourth-order valence-corrected chi connectivity index (χ4v) is 4.28. The van der Waals surface area contributed by atoms with Crippen LogP contribution in [0.4, 0.5) is 17.5 Å². The summed E-state index contributed by atoms with van der Waals surface area (Å²) in [6.07, 6.45) is 4.87. The van der Waals surface area contributed by atoms with Crippen molar-refractivity contribution in [1.82, 2.24) is 45.5 Å². The minimum atomic E-state index is -0.939. The number of unbranched alkanes of at least 4 members (excludes halogenated alkanes) is 1. The Kier molecular flexibility index (Phi) is 10.7. The Bertz CT molecular complexity index is 1790. The lowest BCUT2D eigenvalue weighted by atomic mass is 10.1. The van der Waals surface area contributed by atoms with E-state index in [-0.39, 0.29) is 5.56 Å². The zero-order valence-electron chi connectivity index (χ0n) is 23.5. The molecule has 0 saturated carbocycles. The maximum absolute atomic E-state index is 10.6. The smallest absolute Gasteiger partial charge is 0.335 e. The molecule has 0 aliphatic heterocycles. The number of nitrogens with two attached hydrogens (primary N) is 3. The molecule has 0 saturated heterocycles. The van der Waals surface area contributed by atoms with Gasteiger partial charge in [-0.1, -0.05) is 37.1 Å². The van der Waals surface area contributed by atoms with Crippen molar-refractivity contribution < 1.29 is 9.90 Å². The summed E-state index contributed by atoms with van der Waals surface area (Å²) in [5, 5.41) is 29.0. The quantitative estimate of drug-likeness (QED) is 0.0976. The molecule has 0 bridgehead atoms. The first-order valence-corrected chi connectivity index (χ1v) is 14.4. The van der Waals surface area contributed by atoms with Crippen LogP contribution in [0.25, 0.3) is 33.9 Å². The molecule has 0 atom stereocenters. The Hall–Kier alpha value is -5.15. The summed E-state index contributed by atoms with van der Waals surface area (Å²) in [6.45, 7) is 2.14. The van der Waals surface area contributed by atoms with Crippen molar-refractivity contribution in [3.8, 4) is 33.9 Å². The van der Waals surface area contributed by atoms with E-state index in [9.17, 15) is 4.79 Å². The lowest BCUT2D eigenvalue weighted by Gasteiger charge is -1.97. The maximum Gasteiger partial charge on any atom is 0.335 e. The minimum absolute atomic E-state index is 0.256. The van der Waals surface area contributed by atoms with Gasteiger partial charge in [0.05, 0.1) is 22.6 Å². The van der Waals surface area contributed by atoms with Crippen LogP contribution in [0.2, 0.25) is 5.15 Å². The first-order valence-electron chi connectivity index (χ1n) is 13.3. The minimum Gasteiger partial charge on any atom is -0.478 e. The summed E-state index contributed by atoms with van der Waals surface area (Å²) in [6, 6.07) is 15.5. The summed E-state index contributed by atoms with van der Waals surface area (Å²) in [5.41, 5.74) is 21.6.